The fourth-order valence-corrected chi connectivity index (χ4v) is 3.18. The van der Waals surface area contributed by atoms with Gasteiger partial charge in [0.05, 0.1) is 6.54 Å². The molecule has 1 aliphatic rings. The highest BCUT2D eigenvalue weighted by Gasteiger charge is 2.30. The van der Waals surface area contributed by atoms with E-state index in [1.54, 1.807) is 0 Å². The predicted molar refractivity (Wildman–Crippen MR) is 114 cm³/mol. The molecule has 1 saturated carbocycles. The first-order chi connectivity index (χ1) is 13.4. The van der Waals surface area contributed by atoms with Crippen molar-refractivity contribution in [2.45, 2.75) is 46.1 Å². The van der Waals surface area contributed by atoms with Crippen LogP contribution in [0.15, 0.2) is 42.5 Å². The van der Waals surface area contributed by atoms with E-state index in [-0.39, 0.29) is 11.8 Å². The van der Waals surface area contributed by atoms with Crippen LogP contribution < -0.4 is 10.6 Å². The second kappa shape index (κ2) is 9.02. The molecule has 5 nitrogen and oxygen atoms in total. The summed E-state index contributed by atoms with van der Waals surface area (Å²) < 4.78 is 0. The molecular weight excluding hydrogens is 350 g/mol. The molecule has 1 aliphatic carbocycles. The molecule has 3 rings (SSSR count). The highest BCUT2D eigenvalue weighted by molar-refractivity contribution is 5.93. The fourth-order valence-electron chi connectivity index (χ4n) is 3.18. The normalized spacial score (nSPS) is 13.4. The number of carbonyl (C=O) groups is 2. The molecule has 0 bridgehead atoms. The number of carbonyl (C=O) groups excluding carboxylic acids is 2. The smallest absolute Gasteiger partial charge is 0.238 e. The lowest BCUT2D eigenvalue weighted by Gasteiger charge is -2.21. The van der Waals surface area contributed by atoms with Crippen LogP contribution in [0.25, 0.3) is 0 Å². The topological polar surface area (TPSA) is 61.4 Å². The molecule has 2 aromatic carbocycles. The lowest BCUT2D eigenvalue weighted by atomic mass is 10.1. The molecule has 2 N–H and O–H groups in total. The van der Waals surface area contributed by atoms with Gasteiger partial charge in [-0.05, 0) is 62.9 Å². The number of rotatable bonds is 8. The molecule has 2 aromatic rings. The summed E-state index contributed by atoms with van der Waals surface area (Å²) in [5.74, 6) is -0.0519. The quantitative estimate of drug-likeness (QED) is 0.728. The monoisotopic (exact) mass is 379 g/mol. The lowest BCUT2D eigenvalue weighted by Crippen LogP contribution is -2.37. The minimum absolute atomic E-state index is 0.0237. The van der Waals surface area contributed by atoms with Crippen LogP contribution in [0.4, 0.5) is 11.4 Å². The van der Waals surface area contributed by atoms with Crippen molar-refractivity contribution in [3.05, 3.63) is 59.2 Å². The second-order valence-corrected chi connectivity index (χ2v) is 7.73. The van der Waals surface area contributed by atoms with Gasteiger partial charge in [-0.2, -0.15) is 0 Å². The Kier molecular flexibility index (Phi) is 6.47. The van der Waals surface area contributed by atoms with Crippen LogP contribution in [0.5, 0.6) is 0 Å². The zero-order chi connectivity index (χ0) is 20.1. The van der Waals surface area contributed by atoms with Gasteiger partial charge >= 0.3 is 0 Å². The van der Waals surface area contributed by atoms with Gasteiger partial charge in [-0.25, -0.2) is 0 Å². The van der Waals surface area contributed by atoms with Crippen molar-refractivity contribution >= 4 is 23.2 Å². The predicted octanol–water partition coefficient (Wildman–Crippen LogP) is 4.04. The Morgan fingerprint density at radius 3 is 2.29 bits per heavy atom. The van der Waals surface area contributed by atoms with Crippen molar-refractivity contribution in [3.8, 4) is 0 Å². The van der Waals surface area contributed by atoms with Gasteiger partial charge in [0.1, 0.15) is 0 Å². The molecule has 1 fully saturated rings. The highest BCUT2D eigenvalue weighted by Crippen LogP contribution is 2.27. The maximum atomic E-state index is 12.5. The maximum Gasteiger partial charge on any atom is 0.238 e. The summed E-state index contributed by atoms with van der Waals surface area (Å²) in [7, 11) is 0. The Morgan fingerprint density at radius 2 is 1.61 bits per heavy atom. The molecule has 0 saturated heterocycles. The van der Waals surface area contributed by atoms with Crippen LogP contribution >= 0.6 is 0 Å². The molecule has 0 aliphatic heterocycles. The summed E-state index contributed by atoms with van der Waals surface area (Å²) in [6.07, 6.45) is 2.56. The summed E-state index contributed by atoms with van der Waals surface area (Å²) in [5.41, 5.74) is 4.99. The summed E-state index contributed by atoms with van der Waals surface area (Å²) in [6.45, 7) is 6.92. The number of hydrogen-bond donors (Lipinski definition) is 2. The van der Waals surface area contributed by atoms with Crippen LogP contribution in [0.2, 0.25) is 0 Å². The van der Waals surface area contributed by atoms with E-state index in [2.05, 4.69) is 15.5 Å². The number of hydrogen-bond acceptors (Lipinski definition) is 3. The fraction of sp³-hybridized carbons (Fsp3) is 0.391. The summed E-state index contributed by atoms with van der Waals surface area (Å²) in [6, 6.07) is 14.2. The Morgan fingerprint density at radius 1 is 0.929 bits per heavy atom. The largest absolute Gasteiger partial charge is 0.326 e. The summed E-state index contributed by atoms with van der Waals surface area (Å²) in [4.78, 5) is 26.9. The van der Waals surface area contributed by atoms with Crippen LogP contribution in [-0.4, -0.2) is 35.8 Å². The first-order valence-electron chi connectivity index (χ1n) is 9.88. The van der Waals surface area contributed by atoms with Gasteiger partial charge in [0.25, 0.3) is 0 Å². The van der Waals surface area contributed by atoms with Crippen LogP contribution in [0, 0.1) is 20.8 Å². The van der Waals surface area contributed by atoms with Gasteiger partial charge in [-0.15, -0.1) is 0 Å². The average Bonchev–Trinajstić information content (AvgIpc) is 3.49. The van der Waals surface area contributed by atoms with Crippen molar-refractivity contribution in [3.63, 3.8) is 0 Å². The molecule has 148 valence electrons. The molecule has 28 heavy (non-hydrogen) atoms. The van der Waals surface area contributed by atoms with Crippen molar-refractivity contribution in [1.82, 2.24) is 4.90 Å². The van der Waals surface area contributed by atoms with E-state index in [0.717, 1.165) is 40.9 Å². The lowest BCUT2D eigenvalue weighted by molar-refractivity contribution is -0.119. The van der Waals surface area contributed by atoms with Crippen molar-refractivity contribution in [1.29, 1.82) is 0 Å². The molecular formula is C23H29N3O2. The first kappa shape index (κ1) is 20.1. The van der Waals surface area contributed by atoms with E-state index in [4.69, 9.17) is 0 Å². The number of anilines is 2. The van der Waals surface area contributed by atoms with Gasteiger partial charge in [-0.1, -0.05) is 29.8 Å². The molecule has 0 heterocycles. The minimum atomic E-state index is -0.0282. The maximum absolute atomic E-state index is 12.5. The number of amides is 2. The van der Waals surface area contributed by atoms with Gasteiger partial charge in [0.15, 0.2) is 0 Å². The molecule has 0 spiro atoms. The standard InChI is InChI=1S/C23H29N3O2/c1-16-5-8-19(9-6-16)24-22(27)12-13-26(20-10-11-20)15-23(28)25-21-14-17(2)4-7-18(21)3/h4-9,14,20H,10-13,15H2,1-3H3,(H,24,27)(H,25,28). The number of benzene rings is 2. The minimum Gasteiger partial charge on any atom is -0.326 e. The summed E-state index contributed by atoms with van der Waals surface area (Å²) in [5, 5.41) is 5.94. The first-order valence-corrected chi connectivity index (χ1v) is 9.88. The third kappa shape index (κ3) is 5.92. The highest BCUT2D eigenvalue weighted by atomic mass is 16.2. The second-order valence-electron chi connectivity index (χ2n) is 7.73. The third-order valence-electron chi connectivity index (χ3n) is 5.04. The number of nitrogens with zero attached hydrogens (tertiary/aromatic N) is 1. The average molecular weight is 380 g/mol. The zero-order valence-corrected chi connectivity index (χ0v) is 16.9. The van der Waals surface area contributed by atoms with E-state index >= 15 is 0 Å². The Labute approximate surface area is 167 Å². The molecule has 0 aromatic heterocycles. The van der Waals surface area contributed by atoms with E-state index in [1.807, 2.05) is 63.2 Å². The third-order valence-corrected chi connectivity index (χ3v) is 5.04. The van der Waals surface area contributed by atoms with Crippen molar-refractivity contribution in [2.24, 2.45) is 0 Å². The van der Waals surface area contributed by atoms with Crippen LogP contribution in [-0.2, 0) is 9.59 Å². The molecule has 5 heteroatoms. The van der Waals surface area contributed by atoms with Crippen LogP contribution in [0.1, 0.15) is 36.0 Å². The number of nitrogens with one attached hydrogen (secondary N) is 2. The summed E-state index contributed by atoms with van der Waals surface area (Å²) >= 11 is 0. The zero-order valence-electron chi connectivity index (χ0n) is 16.9. The molecule has 2 amide bonds. The van der Waals surface area contributed by atoms with E-state index in [1.165, 1.54) is 0 Å². The Balaban J connectivity index is 1.50. The van der Waals surface area contributed by atoms with E-state index in [0.29, 0.717) is 25.6 Å². The van der Waals surface area contributed by atoms with E-state index in [9.17, 15) is 9.59 Å². The molecule has 0 radical (unpaired) electrons. The van der Waals surface area contributed by atoms with Gasteiger partial charge in [0.2, 0.25) is 11.8 Å². The van der Waals surface area contributed by atoms with Gasteiger partial charge in [-0.3, -0.25) is 14.5 Å². The van der Waals surface area contributed by atoms with Gasteiger partial charge in [0, 0.05) is 30.4 Å². The van der Waals surface area contributed by atoms with E-state index < -0.39 is 0 Å². The van der Waals surface area contributed by atoms with Crippen molar-refractivity contribution in [2.75, 3.05) is 23.7 Å². The molecule has 0 unspecified atom stereocenters. The number of aryl methyl sites for hydroxylation is 3. The Bertz CT molecular complexity index is 841. The van der Waals surface area contributed by atoms with Gasteiger partial charge < -0.3 is 10.6 Å². The van der Waals surface area contributed by atoms with Crippen LogP contribution in [0.3, 0.4) is 0 Å². The SMILES string of the molecule is Cc1ccc(NC(=O)CCN(CC(=O)Nc2cc(C)ccc2C)C2CC2)cc1. The Hall–Kier alpha value is -2.66. The van der Waals surface area contributed by atoms with Crippen molar-refractivity contribution < 1.29 is 9.59 Å². The molecule has 0 atom stereocenters.